The van der Waals surface area contributed by atoms with Gasteiger partial charge < -0.3 is 14.9 Å². The average Bonchev–Trinajstić information content (AvgIpc) is 3.09. The molecule has 2 saturated heterocycles. The van der Waals surface area contributed by atoms with Crippen LogP contribution in [-0.2, 0) is 4.79 Å². The number of aromatic amines is 1. The molecule has 22 heavy (non-hydrogen) atoms. The van der Waals surface area contributed by atoms with Crippen LogP contribution in [0.3, 0.4) is 0 Å². The first-order valence-corrected chi connectivity index (χ1v) is 8.32. The summed E-state index contributed by atoms with van der Waals surface area (Å²) in [5.41, 5.74) is 2.23. The second kappa shape index (κ2) is 6.79. The van der Waals surface area contributed by atoms with E-state index in [4.69, 9.17) is 0 Å². The zero-order valence-corrected chi connectivity index (χ0v) is 13.3. The first-order valence-electron chi connectivity index (χ1n) is 8.32. The molecule has 122 valence electrons. The van der Waals surface area contributed by atoms with Crippen LogP contribution in [0.2, 0.25) is 0 Å². The zero-order valence-electron chi connectivity index (χ0n) is 13.3. The lowest BCUT2D eigenvalue weighted by Crippen LogP contribution is -2.44. The number of piperidine rings is 1. The SMILES string of the molecule is Cc1cc([C@@H]2CCCN(C[C@@H](O)CN3CCCC3=O)C2)n[nH]1. The fourth-order valence-corrected chi connectivity index (χ4v) is 3.62. The van der Waals surface area contributed by atoms with E-state index in [9.17, 15) is 9.90 Å². The molecular formula is C16H26N4O2. The molecule has 0 bridgehead atoms. The number of carbonyl (C=O) groups is 1. The Hall–Kier alpha value is -1.40. The van der Waals surface area contributed by atoms with Crippen LogP contribution in [0.15, 0.2) is 6.07 Å². The van der Waals surface area contributed by atoms with Gasteiger partial charge in [0.15, 0.2) is 0 Å². The van der Waals surface area contributed by atoms with Crippen LogP contribution >= 0.6 is 0 Å². The van der Waals surface area contributed by atoms with E-state index in [-0.39, 0.29) is 5.91 Å². The third-order valence-electron chi connectivity index (χ3n) is 4.72. The quantitative estimate of drug-likeness (QED) is 0.847. The minimum Gasteiger partial charge on any atom is -0.390 e. The predicted octanol–water partition coefficient (Wildman–Crippen LogP) is 0.881. The van der Waals surface area contributed by atoms with Gasteiger partial charge in [-0.1, -0.05) is 0 Å². The highest BCUT2D eigenvalue weighted by atomic mass is 16.3. The Morgan fingerprint density at radius 1 is 1.41 bits per heavy atom. The molecule has 0 radical (unpaired) electrons. The van der Waals surface area contributed by atoms with Crippen LogP contribution in [0.25, 0.3) is 0 Å². The number of aryl methyl sites for hydroxylation is 1. The Balaban J connectivity index is 1.50. The highest BCUT2D eigenvalue weighted by molar-refractivity contribution is 5.78. The van der Waals surface area contributed by atoms with Crippen LogP contribution in [0.1, 0.15) is 43.0 Å². The van der Waals surface area contributed by atoms with Gasteiger partial charge in [0.25, 0.3) is 0 Å². The molecular weight excluding hydrogens is 280 g/mol. The summed E-state index contributed by atoms with van der Waals surface area (Å²) in [4.78, 5) is 15.7. The Labute approximate surface area is 131 Å². The third-order valence-corrected chi connectivity index (χ3v) is 4.72. The van der Waals surface area contributed by atoms with Crippen LogP contribution in [-0.4, -0.2) is 69.8 Å². The largest absolute Gasteiger partial charge is 0.390 e. The lowest BCUT2D eigenvalue weighted by Gasteiger charge is -2.34. The number of hydrogen-bond donors (Lipinski definition) is 2. The number of aromatic nitrogens is 2. The number of carbonyl (C=O) groups excluding carboxylic acids is 1. The van der Waals surface area contributed by atoms with Crippen molar-refractivity contribution in [2.24, 2.45) is 0 Å². The summed E-state index contributed by atoms with van der Waals surface area (Å²) in [5.74, 6) is 0.627. The number of aliphatic hydroxyl groups is 1. The Morgan fingerprint density at radius 3 is 2.95 bits per heavy atom. The molecule has 6 heteroatoms. The van der Waals surface area contributed by atoms with Crippen molar-refractivity contribution in [1.29, 1.82) is 0 Å². The van der Waals surface area contributed by atoms with Crippen molar-refractivity contribution in [3.05, 3.63) is 17.5 Å². The van der Waals surface area contributed by atoms with E-state index in [0.717, 1.165) is 50.3 Å². The number of aliphatic hydroxyl groups excluding tert-OH is 1. The van der Waals surface area contributed by atoms with Gasteiger partial charge in [-0.15, -0.1) is 0 Å². The van der Waals surface area contributed by atoms with Crippen molar-refractivity contribution in [1.82, 2.24) is 20.0 Å². The van der Waals surface area contributed by atoms with Gasteiger partial charge in [-0.3, -0.25) is 9.89 Å². The third kappa shape index (κ3) is 3.67. The standard InChI is InChI=1S/C16H26N4O2/c1-12-8-15(18-17-12)13-4-2-6-19(9-13)10-14(21)11-20-7-3-5-16(20)22/h8,13-14,21H,2-7,9-11H2,1H3,(H,17,18)/t13-,14-/m1/s1. The molecule has 2 aliphatic rings. The van der Waals surface area contributed by atoms with Crippen LogP contribution < -0.4 is 0 Å². The molecule has 0 aromatic carbocycles. The van der Waals surface area contributed by atoms with E-state index < -0.39 is 6.10 Å². The Morgan fingerprint density at radius 2 is 2.27 bits per heavy atom. The van der Waals surface area contributed by atoms with Crippen molar-refractivity contribution in [2.75, 3.05) is 32.7 Å². The predicted molar refractivity (Wildman–Crippen MR) is 83.6 cm³/mol. The Bertz CT molecular complexity index is 516. The van der Waals surface area contributed by atoms with Crippen LogP contribution in [0.4, 0.5) is 0 Å². The fourth-order valence-electron chi connectivity index (χ4n) is 3.62. The van der Waals surface area contributed by atoms with E-state index in [1.807, 2.05) is 6.92 Å². The van der Waals surface area contributed by atoms with Crippen LogP contribution in [0, 0.1) is 6.92 Å². The minimum absolute atomic E-state index is 0.183. The highest BCUT2D eigenvalue weighted by Crippen LogP contribution is 2.26. The van der Waals surface area contributed by atoms with E-state index in [1.165, 1.54) is 0 Å². The molecule has 2 N–H and O–H groups in total. The summed E-state index contributed by atoms with van der Waals surface area (Å²) in [6, 6.07) is 2.12. The number of nitrogens with zero attached hydrogens (tertiary/aromatic N) is 3. The van der Waals surface area contributed by atoms with Gasteiger partial charge in [0.05, 0.1) is 11.8 Å². The number of amides is 1. The molecule has 0 saturated carbocycles. The van der Waals surface area contributed by atoms with Gasteiger partial charge in [-0.05, 0) is 38.8 Å². The summed E-state index contributed by atoms with van der Waals surface area (Å²) in [7, 11) is 0. The molecule has 0 spiro atoms. The fraction of sp³-hybridized carbons (Fsp3) is 0.750. The lowest BCUT2D eigenvalue weighted by molar-refractivity contribution is -0.129. The second-order valence-corrected chi connectivity index (χ2v) is 6.67. The van der Waals surface area contributed by atoms with Gasteiger partial charge in [0.2, 0.25) is 5.91 Å². The maximum atomic E-state index is 11.6. The highest BCUT2D eigenvalue weighted by Gasteiger charge is 2.27. The number of likely N-dealkylation sites (tertiary alicyclic amines) is 2. The van der Waals surface area contributed by atoms with Crippen molar-refractivity contribution in [2.45, 2.75) is 44.6 Å². The van der Waals surface area contributed by atoms with Crippen molar-refractivity contribution >= 4 is 5.91 Å². The molecule has 0 aliphatic carbocycles. The van der Waals surface area contributed by atoms with Gasteiger partial charge in [-0.25, -0.2) is 0 Å². The van der Waals surface area contributed by atoms with Crippen LogP contribution in [0.5, 0.6) is 0 Å². The Kier molecular flexibility index (Phi) is 4.78. The maximum absolute atomic E-state index is 11.6. The number of β-amino-alcohol motifs (C(OH)–C–C–N with tert-alkyl or cyclic N) is 1. The monoisotopic (exact) mass is 306 g/mol. The number of hydrogen-bond acceptors (Lipinski definition) is 4. The first-order chi connectivity index (χ1) is 10.6. The van der Waals surface area contributed by atoms with E-state index in [0.29, 0.717) is 25.4 Å². The molecule has 1 aromatic heterocycles. The molecule has 0 unspecified atom stereocenters. The maximum Gasteiger partial charge on any atom is 0.222 e. The van der Waals surface area contributed by atoms with Gasteiger partial charge >= 0.3 is 0 Å². The first kappa shape index (κ1) is 15.5. The average molecular weight is 306 g/mol. The molecule has 2 aliphatic heterocycles. The molecule has 1 aromatic rings. The summed E-state index contributed by atoms with van der Waals surface area (Å²) in [5, 5.41) is 17.7. The second-order valence-electron chi connectivity index (χ2n) is 6.67. The topological polar surface area (TPSA) is 72.5 Å². The number of H-pyrrole nitrogens is 1. The summed E-state index contributed by atoms with van der Waals surface area (Å²) in [6.07, 6.45) is 3.39. The van der Waals surface area contributed by atoms with E-state index in [1.54, 1.807) is 4.90 Å². The summed E-state index contributed by atoms with van der Waals surface area (Å²) in [6.45, 7) is 5.89. The smallest absolute Gasteiger partial charge is 0.222 e. The van der Waals surface area contributed by atoms with E-state index >= 15 is 0 Å². The molecule has 1 amide bonds. The molecule has 3 rings (SSSR count). The van der Waals surface area contributed by atoms with Crippen molar-refractivity contribution in [3.8, 4) is 0 Å². The van der Waals surface area contributed by atoms with Gasteiger partial charge in [-0.2, -0.15) is 5.10 Å². The molecule has 2 fully saturated rings. The summed E-state index contributed by atoms with van der Waals surface area (Å²) >= 11 is 0. The zero-order chi connectivity index (χ0) is 15.5. The normalized spacial score (nSPS) is 24.9. The molecule has 3 heterocycles. The van der Waals surface area contributed by atoms with Gasteiger partial charge in [0.1, 0.15) is 0 Å². The van der Waals surface area contributed by atoms with Gasteiger partial charge in [0, 0.05) is 44.2 Å². The molecule has 6 nitrogen and oxygen atoms in total. The number of nitrogens with one attached hydrogen (secondary N) is 1. The lowest BCUT2D eigenvalue weighted by atomic mass is 9.94. The number of rotatable bonds is 5. The van der Waals surface area contributed by atoms with E-state index in [2.05, 4.69) is 21.2 Å². The molecule has 2 atom stereocenters. The summed E-state index contributed by atoms with van der Waals surface area (Å²) < 4.78 is 0. The van der Waals surface area contributed by atoms with Crippen molar-refractivity contribution < 1.29 is 9.90 Å². The minimum atomic E-state index is -0.457. The van der Waals surface area contributed by atoms with Crippen molar-refractivity contribution in [3.63, 3.8) is 0 Å².